The highest BCUT2D eigenvalue weighted by Crippen LogP contribution is 2.16. The number of rotatable bonds is 3. The van der Waals surface area contributed by atoms with Crippen LogP contribution < -0.4 is 5.43 Å². The van der Waals surface area contributed by atoms with Crippen LogP contribution in [0.25, 0.3) is 0 Å². The number of para-hydroxylation sites is 1. The fourth-order valence-electron chi connectivity index (χ4n) is 1.63. The summed E-state index contributed by atoms with van der Waals surface area (Å²) in [6.45, 7) is 1.72. The van der Waals surface area contributed by atoms with Gasteiger partial charge in [0.25, 0.3) is 5.91 Å². The molecule has 1 amide bonds. The minimum Gasteiger partial charge on any atom is -0.507 e. The van der Waals surface area contributed by atoms with Gasteiger partial charge in [-0.3, -0.25) is 4.79 Å². The number of phenolic OH excluding ortho intramolecular Hbond substituents is 1. The minimum atomic E-state index is -0.282. The number of carbonyl (C=O) groups excluding carboxylic acids is 1. The molecule has 0 atom stereocenters. The predicted molar refractivity (Wildman–Crippen MR) is 74.2 cm³/mol. The molecule has 0 fully saturated rings. The van der Waals surface area contributed by atoms with E-state index in [4.69, 9.17) is 0 Å². The molecule has 2 aromatic carbocycles. The largest absolute Gasteiger partial charge is 0.507 e. The van der Waals surface area contributed by atoms with E-state index in [1.54, 1.807) is 55.5 Å². The third-order valence-electron chi connectivity index (χ3n) is 2.65. The summed E-state index contributed by atoms with van der Waals surface area (Å²) in [4.78, 5) is 11.8. The van der Waals surface area contributed by atoms with Crippen LogP contribution in [0.4, 0.5) is 0 Å². The first-order valence-corrected chi connectivity index (χ1v) is 5.86. The van der Waals surface area contributed by atoms with Crippen molar-refractivity contribution in [2.75, 3.05) is 0 Å². The smallest absolute Gasteiger partial charge is 0.271 e. The molecule has 2 N–H and O–H groups in total. The van der Waals surface area contributed by atoms with Crippen LogP contribution in [0.15, 0.2) is 59.7 Å². The molecular formula is C15H14N2O2. The van der Waals surface area contributed by atoms with Crippen molar-refractivity contribution in [1.29, 1.82) is 0 Å². The van der Waals surface area contributed by atoms with Gasteiger partial charge < -0.3 is 5.11 Å². The molecule has 0 saturated carbocycles. The molecule has 0 aromatic heterocycles. The van der Waals surface area contributed by atoms with Gasteiger partial charge in [0.1, 0.15) is 5.75 Å². The summed E-state index contributed by atoms with van der Waals surface area (Å²) in [6.07, 6.45) is 0. The average Bonchev–Trinajstić information content (AvgIpc) is 2.46. The minimum absolute atomic E-state index is 0.137. The third kappa shape index (κ3) is 3.19. The second-order valence-corrected chi connectivity index (χ2v) is 4.02. The molecule has 4 heteroatoms. The maximum Gasteiger partial charge on any atom is 0.271 e. The summed E-state index contributed by atoms with van der Waals surface area (Å²) in [5.41, 5.74) is 4.14. The van der Waals surface area contributed by atoms with Gasteiger partial charge in [-0.15, -0.1) is 0 Å². The Hall–Kier alpha value is -2.62. The lowest BCUT2D eigenvalue weighted by atomic mass is 10.1. The van der Waals surface area contributed by atoms with E-state index in [-0.39, 0.29) is 11.7 Å². The van der Waals surface area contributed by atoms with Gasteiger partial charge in [0.05, 0.1) is 5.71 Å². The van der Waals surface area contributed by atoms with Crippen molar-refractivity contribution in [3.05, 3.63) is 65.7 Å². The van der Waals surface area contributed by atoms with Crippen LogP contribution >= 0.6 is 0 Å². The Kier molecular flexibility index (Phi) is 3.93. The molecule has 0 saturated heterocycles. The van der Waals surface area contributed by atoms with Crippen LogP contribution in [0.3, 0.4) is 0 Å². The van der Waals surface area contributed by atoms with Crippen LogP contribution in [0.5, 0.6) is 5.75 Å². The Morgan fingerprint density at radius 1 is 1.05 bits per heavy atom. The molecule has 0 bridgehead atoms. The Bertz CT molecular complexity index is 607. The summed E-state index contributed by atoms with van der Waals surface area (Å²) in [5.74, 6) is -0.145. The number of hydrogen-bond acceptors (Lipinski definition) is 3. The number of carbonyl (C=O) groups is 1. The van der Waals surface area contributed by atoms with Crippen LogP contribution in [0.2, 0.25) is 0 Å². The molecule has 19 heavy (non-hydrogen) atoms. The number of aromatic hydroxyl groups is 1. The summed E-state index contributed by atoms with van der Waals surface area (Å²) >= 11 is 0. The lowest BCUT2D eigenvalue weighted by molar-refractivity contribution is 0.0955. The molecule has 2 rings (SSSR count). The fraction of sp³-hybridized carbons (Fsp3) is 0.0667. The monoisotopic (exact) mass is 254 g/mol. The van der Waals surface area contributed by atoms with E-state index < -0.39 is 0 Å². The van der Waals surface area contributed by atoms with Crippen molar-refractivity contribution in [2.45, 2.75) is 6.92 Å². The van der Waals surface area contributed by atoms with Gasteiger partial charge in [-0.2, -0.15) is 5.10 Å². The number of amides is 1. The SMILES string of the molecule is C/C(=N\NC(=O)c1ccccc1)c1ccccc1O. The molecule has 0 aliphatic carbocycles. The second kappa shape index (κ2) is 5.82. The highest BCUT2D eigenvalue weighted by Gasteiger charge is 2.05. The van der Waals surface area contributed by atoms with Gasteiger partial charge in [-0.05, 0) is 31.2 Å². The summed E-state index contributed by atoms with van der Waals surface area (Å²) in [6, 6.07) is 15.7. The third-order valence-corrected chi connectivity index (χ3v) is 2.65. The zero-order valence-corrected chi connectivity index (χ0v) is 10.5. The number of hydrogen-bond donors (Lipinski definition) is 2. The van der Waals surface area contributed by atoms with E-state index in [0.717, 1.165) is 0 Å². The maximum atomic E-state index is 11.8. The Labute approximate surface area is 111 Å². The van der Waals surface area contributed by atoms with E-state index in [0.29, 0.717) is 16.8 Å². The maximum absolute atomic E-state index is 11.8. The van der Waals surface area contributed by atoms with Gasteiger partial charge >= 0.3 is 0 Å². The number of nitrogens with zero attached hydrogens (tertiary/aromatic N) is 1. The molecule has 0 radical (unpaired) electrons. The van der Waals surface area contributed by atoms with Gasteiger partial charge in [-0.1, -0.05) is 30.3 Å². The van der Waals surface area contributed by atoms with Gasteiger partial charge in [0, 0.05) is 11.1 Å². The van der Waals surface area contributed by atoms with Crippen LogP contribution in [0, 0.1) is 0 Å². The molecule has 0 heterocycles. The van der Waals surface area contributed by atoms with Gasteiger partial charge in [-0.25, -0.2) is 5.43 Å². The predicted octanol–water partition coefficient (Wildman–Crippen LogP) is 2.55. The van der Waals surface area contributed by atoms with Crippen molar-refractivity contribution < 1.29 is 9.90 Å². The summed E-state index contributed by atoms with van der Waals surface area (Å²) in [5, 5.41) is 13.7. The van der Waals surface area contributed by atoms with Crippen molar-refractivity contribution in [2.24, 2.45) is 5.10 Å². The van der Waals surface area contributed by atoms with Crippen molar-refractivity contribution in [3.8, 4) is 5.75 Å². The molecule has 2 aromatic rings. The highest BCUT2D eigenvalue weighted by molar-refractivity contribution is 6.02. The quantitative estimate of drug-likeness (QED) is 0.653. The Morgan fingerprint density at radius 2 is 1.68 bits per heavy atom. The van der Waals surface area contributed by atoms with Crippen LogP contribution in [-0.4, -0.2) is 16.7 Å². The normalized spacial score (nSPS) is 11.1. The average molecular weight is 254 g/mol. The van der Waals surface area contributed by atoms with E-state index in [1.807, 2.05) is 6.07 Å². The van der Waals surface area contributed by atoms with Gasteiger partial charge in [0.15, 0.2) is 0 Å². The molecule has 0 unspecified atom stereocenters. The number of hydrazone groups is 1. The summed E-state index contributed by atoms with van der Waals surface area (Å²) < 4.78 is 0. The topological polar surface area (TPSA) is 61.7 Å². The first kappa shape index (κ1) is 12.8. The fourth-order valence-corrected chi connectivity index (χ4v) is 1.63. The number of benzene rings is 2. The number of nitrogens with one attached hydrogen (secondary N) is 1. The van der Waals surface area contributed by atoms with Crippen LogP contribution in [-0.2, 0) is 0 Å². The van der Waals surface area contributed by atoms with Gasteiger partial charge in [0.2, 0.25) is 0 Å². The van der Waals surface area contributed by atoms with E-state index >= 15 is 0 Å². The number of phenols is 1. The Balaban J connectivity index is 2.11. The standard InChI is InChI=1S/C15H14N2O2/c1-11(13-9-5-6-10-14(13)18)16-17-15(19)12-7-3-2-4-8-12/h2-10,18H,1H3,(H,17,19)/b16-11+. The van der Waals surface area contributed by atoms with Crippen molar-refractivity contribution in [3.63, 3.8) is 0 Å². The zero-order chi connectivity index (χ0) is 13.7. The van der Waals surface area contributed by atoms with Crippen LogP contribution in [0.1, 0.15) is 22.8 Å². The molecule has 4 nitrogen and oxygen atoms in total. The summed E-state index contributed by atoms with van der Waals surface area (Å²) in [7, 11) is 0. The second-order valence-electron chi connectivity index (χ2n) is 4.02. The zero-order valence-electron chi connectivity index (χ0n) is 10.5. The Morgan fingerprint density at radius 3 is 2.37 bits per heavy atom. The van der Waals surface area contributed by atoms with E-state index in [2.05, 4.69) is 10.5 Å². The lowest BCUT2D eigenvalue weighted by Gasteiger charge is -2.04. The first-order valence-electron chi connectivity index (χ1n) is 5.86. The van der Waals surface area contributed by atoms with E-state index in [1.165, 1.54) is 0 Å². The van der Waals surface area contributed by atoms with Crippen molar-refractivity contribution >= 4 is 11.6 Å². The molecule has 0 aliphatic rings. The lowest BCUT2D eigenvalue weighted by Crippen LogP contribution is -2.19. The first-order chi connectivity index (χ1) is 9.18. The van der Waals surface area contributed by atoms with E-state index in [9.17, 15) is 9.90 Å². The van der Waals surface area contributed by atoms with Crippen molar-refractivity contribution in [1.82, 2.24) is 5.43 Å². The molecule has 0 spiro atoms. The molecule has 0 aliphatic heterocycles. The highest BCUT2D eigenvalue weighted by atomic mass is 16.3. The molecule has 96 valence electrons. The molecular weight excluding hydrogens is 240 g/mol.